The number of para-hydroxylation sites is 1. The Kier molecular flexibility index (Phi) is 6.50. The molecule has 0 bridgehead atoms. The molecule has 2 N–H and O–H groups in total. The molecule has 0 aliphatic carbocycles. The first-order valence-corrected chi connectivity index (χ1v) is 9.70. The van der Waals surface area contributed by atoms with Gasteiger partial charge in [0, 0.05) is 44.4 Å². The quantitative estimate of drug-likeness (QED) is 0.816. The van der Waals surface area contributed by atoms with Crippen molar-refractivity contribution in [2.45, 2.75) is 51.2 Å². The molecule has 2 fully saturated rings. The molecule has 2 saturated heterocycles. The summed E-state index contributed by atoms with van der Waals surface area (Å²) in [5.74, 6) is 0.0647. The Morgan fingerprint density at radius 3 is 2.65 bits per heavy atom. The Hall–Kier alpha value is -2.08. The minimum Gasteiger partial charge on any atom is -0.376 e. The third kappa shape index (κ3) is 4.75. The van der Waals surface area contributed by atoms with E-state index in [9.17, 15) is 9.59 Å². The molecule has 0 radical (unpaired) electrons. The van der Waals surface area contributed by atoms with Crippen molar-refractivity contribution in [2.24, 2.45) is 0 Å². The van der Waals surface area contributed by atoms with Crippen molar-refractivity contribution >= 4 is 17.5 Å². The highest BCUT2D eigenvalue weighted by Crippen LogP contribution is 2.24. The molecule has 2 aliphatic rings. The average molecular weight is 359 g/mol. The number of carbonyl (C=O) groups is 2. The van der Waals surface area contributed by atoms with Crippen LogP contribution in [-0.2, 0) is 9.53 Å². The van der Waals surface area contributed by atoms with Gasteiger partial charge in [0.15, 0.2) is 0 Å². The van der Waals surface area contributed by atoms with Crippen LogP contribution in [0.25, 0.3) is 0 Å². The highest BCUT2D eigenvalue weighted by molar-refractivity contribution is 5.99. The highest BCUT2D eigenvalue weighted by atomic mass is 16.5. The number of anilines is 1. The number of nitrogens with one attached hydrogen (secondary N) is 2. The smallest absolute Gasteiger partial charge is 0.253 e. The number of nitrogens with zero attached hydrogens (tertiary/aromatic N) is 1. The van der Waals surface area contributed by atoms with Crippen LogP contribution in [0.4, 0.5) is 5.69 Å². The van der Waals surface area contributed by atoms with E-state index in [4.69, 9.17) is 4.74 Å². The fourth-order valence-corrected chi connectivity index (χ4v) is 3.64. The van der Waals surface area contributed by atoms with Gasteiger partial charge < -0.3 is 20.3 Å². The Bertz CT molecular complexity index is 620. The van der Waals surface area contributed by atoms with Crippen LogP contribution < -0.4 is 15.5 Å². The number of carbonyl (C=O) groups excluding carboxylic acids is 2. The Balaban J connectivity index is 1.58. The normalized spacial score (nSPS) is 20.8. The predicted molar refractivity (Wildman–Crippen MR) is 101 cm³/mol. The predicted octanol–water partition coefficient (Wildman–Crippen LogP) is 2.09. The molecule has 3 rings (SSSR count). The van der Waals surface area contributed by atoms with Crippen LogP contribution in [0.2, 0.25) is 0 Å². The molecular weight excluding hydrogens is 330 g/mol. The van der Waals surface area contributed by atoms with Gasteiger partial charge in [0.05, 0.1) is 11.7 Å². The van der Waals surface area contributed by atoms with Crippen LogP contribution in [-0.4, -0.2) is 50.2 Å². The fourth-order valence-electron chi connectivity index (χ4n) is 3.64. The van der Waals surface area contributed by atoms with Crippen molar-refractivity contribution in [1.29, 1.82) is 0 Å². The molecule has 2 heterocycles. The molecule has 26 heavy (non-hydrogen) atoms. The van der Waals surface area contributed by atoms with E-state index in [0.29, 0.717) is 18.5 Å². The van der Waals surface area contributed by atoms with E-state index in [1.807, 2.05) is 31.2 Å². The standard InChI is InChI=1S/C20H29N3O3/c1-2-19(24)22-15-9-11-23(12-10-15)18-8-4-3-7-17(18)20(25)21-14-16-6-5-13-26-16/h3-4,7-8,15-16H,2,5-6,9-14H2,1H3,(H,21,25)(H,22,24). The fraction of sp³-hybridized carbons (Fsp3) is 0.600. The zero-order chi connectivity index (χ0) is 18.4. The number of ether oxygens (including phenoxy) is 1. The summed E-state index contributed by atoms with van der Waals surface area (Å²) < 4.78 is 5.58. The van der Waals surface area contributed by atoms with Crippen molar-refractivity contribution in [3.8, 4) is 0 Å². The van der Waals surface area contributed by atoms with Crippen molar-refractivity contribution in [3.63, 3.8) is 0 Å². The minimum atomic E-state index is -0.0440. The first kappa shape index (κ1) is 18.7. The van der Waals surface area contributed by atoms with Crippen molar-refractivity contribution in [3.05, 3.63) is 29.8 Å². The maximum absolute atomic E-state index is 12.7. The SMILES string of the molecule is CCC(=O)NC1CCN(c2ccccc2C(=O)NCC2CCCO2)CC1. The molecule has 1 atom stereocenters. The number of amides is 2. The summed E-state index contributed by atoms with van der Waals surface area (Å²) in [6, 6.07) is 7.99. The zero-order valence-electron chi connectivity index (χ0n) is 15.5. The van der Waals surface area contributed by atoms with Gasteiger partial charge in [0.25, 0.3) is 5.91 Å². The van der Waals surface area contributed by atoms with E-state index in [1.54, 1.807) is 0 Å². The molecular formula is C20H29N3O3. The summed E-state index contributed by atoms with van der Waals surface area (Å²) in [6.07, 6.45) is 4.55. The molecule has 6 nitrogen and oxygen atoms in total. The molecule has 0 spiro atoms. The molecule has 1 aromatic carbocycles. The van der Waals surface area contributed by atoms with Crippen molar-refractivity contribution < 1.29 is 14.3 Å². The largest absolute Gasteiger partial charge is 0.376 e. The second kappa shape index (κ2) is 9.03. The van der Waals surface area contributed by atoms with Gasteiger partial charge in [-0.3, -0.25) is 9.59 Å². The van der Waals surface area contributed by atoms with Crippen LogP contribution in [0.3, 0.4) is 0 Å². The maximum Gasteiger partial charge on any atom is 0.253 e. The Morgan fingerprint density at radius 1 is 1.19 bits per heavy atom. The number of benzene rings is 1. The summed E-state index contributed by atoms with van der Waals surface area (Å²) in [5, 5.41) is 6.09. The summed E-state index contributed by atoms with van der Waals surface area (Å²) in [4.78, 5) is 26.5. The lowest BCUT2D eigenvalue weighted by molar-refractivity contribution is -0.121. The van der Waals surface area contributed by atoms with Crippen LogP contribution in [0, 0.1) is 0 Å². The molecule has 0 saturated carbocycles. The van der Waals surface area contributed by atoms with Gasteiger partial charge in [0.2, 0.25) is 5.91 Å². The first-order valence-electron chi connectivity index (χ1n) is 9.70. The molecule has 1 unspecified atom stereocenters. The molecule has 2 amide bonds. The molecule has 1 aromatic rings. The van der Waals surface area contributed by atoms with E-state index < -0.39 is 0 Å². The molecule has 2 aliphatic heterocycles. The Labute approximate surface area is 155 Å². The monoisotopic (exact) mass is 359 g/mol. The van der Waals surface area contributed by atoms with Gasteiger partial charge >= 0.3 is 0 Å². The maximum atomic E-state index is 12.7. The van der Waals surface area contributed by atoms with Crippen LogP contribution in [0.15, 0.2) is 24.3 Å². The average Bonchev–Trinajstić information content (AvgIpc) is 3.20. The molecule has 6 heteroatoms. The van der Waals surface area contributed by atoms with E-state index in [-0.39, 0.29) is 24.0 Å². The van der Waals surface area contributed by atoms with Crippen molar-refractivity contribution in [1.82, 2.24) is 10.6 Å². The molecule has 142 valence electrons. The van der Waals surface area contributed by atoms with Gasteiger partial charge in [-0.2, -0.15) is 0 Å². The lowest BCUT2D eigenvalue weighted by Crippen LogP contribution is -2.45. The second-order valence-electron chi connectivity index (χ2n) is 7.04. The van der Waals surface area contributed by atoms with Crippen LogP contribution in [0.1, 0.15) is 49.4 Å². The van der Waals surface area contributed by atoms with Gasteiger partial charge in [-0.05, 0) is 37.8 Å². The van der Waals surface area contributed by atoms with Crippen molar-refractivity contribution in [2.75, 3.05) is 31.1 Å². The topological polar surface area (TPSA) is 70.7 Å². The van der Waals surface area contributed by atoms with E-state index in [1.165, 1.54) is 0 Å². The van der Waals surface area contributed by atoms with Gasteiger partial charge in [-0.25, -0.2) is 0 Å². The Morgan fingerprint density at radius 2 is 1.96 bits per heavy atom. The van der Waals surface area contributed by atoms with Gasteiger partial charge in [-0.1, -0.05) is 19.1 Å². The van der Waals surface area contributed by atoms with Crippen LogP contribution in [0.5, 0.6) is 0 Å². The number of hydrogen-bond acceptors (Lipinski definition) is 4. The minimum absolute atomic E-state index is 0.0440. The summed E-state index contributed by atoms with van der Waals surface area (Å²) in [5.41, 5.74) is 1.68. The lowest BCUT2D eigenvalue weighted by Gasteiger charge is -2.34. The third-order valence-electron chi connectivity index (χ3n) is 5.18. The third-order valence-corrected chi connectivity index (χ3v) is 5.18. The van der Waals surface area contributed by atoms with E-state index in [0.717, 1.165) is 51.1 Å². The highest BCUT2D eigenvalue weighted by Gasteiger charge is 2.24. The van der Waals surface area contributed by atoms with E-state index in [2.05, 4.69) is 15.5 Å². The van der Waals surface area contributed by atoms with E-state index >= 15 is 0 Å². The zero-order valence-corrected chi connectivity index (χ0v) is 15.5. The van der Waals surface area contributed by atoms with Gasteiger partial charge in [0.1, 0.15) is 0 Å². The first-order chi connectivity index (χ1) is 12.7. The van der Waals surface area contributed by atoms with Crippen LogP contribution >= 0.6 is 0 Å². The lowest BCUT2D eigenvalue weighted by atomic mass is 10.0. The summed E-state index contributed by atoms with van der Waals surface area (Å²) in [6.45, 7) is 4.91. The summed E-state index contributed by atoms with van der Waals surface area (Å²) in [7, 11) is 0. The number of hydrogen-bond donors (Lipinski definition) is 2. The summed E-state index contributed by atoms with van der Waals surface area (Å²) >= 11 is 0. The number of rotatable bonds is 6. The second-order valence-corrected chi connectivity index (χ2v) is 7.04. The van der Waals surface area contributed by atoms with Gasteiger partial charge in [-0.15, -0.1) is 0 Å². The number of piperidine rings is 1. The molecule has 0 aromatic heterocycles.